The van der Waals surface area contributed by atoms with E-state index in [2.05, 4.69) is 39.4 Å². The Morgan fingerprint density at radius 3 is 2.90 bits per heavy atom. The number of hydrogen-bond acceptors (Lipinski definition) is 3. The molecule has 0 saturated carbocycles. The molecule has 1 aromatic rings. The molecule has 1 N–H and O–H groups in total. The Labute approximate surface area is 134 Å². The van der Waals surface area contributed by atoms with Gasteiger partial charge in [-0.1, -0.05) is 12.1 Å². The molecule has 0 aromatic heterocycles. The Bertz CT molecular complexity index is 568. The second kappa shape index (κ2) is 5.20. The number of likely N-dealkylation sites (tertiary alicyclic amines) is 1. The fourth-order valence-corrected chi connectivity index (χ4v) is 3.62. The number of carbonyl (C=O) groups excluding carboxylic acids is 1. The van der Waals surface area contributed by atoms with Crippen LogP contribution in [0.2, 0.25) is 0 Å². The van der Waals surface area contributed by atoms with Gasteiger partial charge in [0.2, 0.25) is 0 Å². The van der Waals surface area contributed by atoms with Crippen molar-refractivity contribution >= 4 is 27.7 Å². The lowest BCUT2D eigenvalue weighted by molar-refractivity contribution is 0.0195. The van der Waals surface area contributed by atoms with Gasteiger partial charge in [0.1, 0.15) is 5.60 Å². The van der Waals surface area contributed by atoms with Crippen LogP contribution in [0.4, 0.5) is 10.5 Å². The molecule has 4 nitrogen and oxygen atoms in total. The minimum Gasteiger partial charge on any atom is -0.444 e. The minimum absolute atomic E-state index is 0.204. The molecule has 1 saturated heterocycles. The summed E-state index contributed by atoms with van der Waals surface area (Å²) in [6.07, 6.45) is 0.745. The summed E-state index contributed by atoms with van der Waals surface area (Å²) < 4.78 is 6.59. The van der Waals surface area contributed by atoms with Crippen LogP contribution in [-0.2, 0) is 4.74 Å². The maximum atomic E-state index is 12.3. The van der Waals surface area contributed by atoms with E-state index in [0.717, 1.165) is 24.0 Å². The van der Waals surface area contributed by atoms with Gasteiger partial charge in [0.05, 0.1) is 5.69 Å². The van der Waals surface area contributed by atoms with Crippen LogP contribution in [0.1, 0.15) is 38.7 Å². The molecule has 5 heteroatoms. The number of anilines is 1. The Morgan fingerprint density at radius 2 is 2.19 bits per heavy atom. The highest BCUT2D eigenvalue weighted by molar-refractivity contribution is 9.10. The van der Waals surface area contributed by atoms with Crippen molar-refractivity contribution in [2.24, 2.45) is 0 Å². The molecule has 1 aromatic carbocycles. The highest BCUT2D eigenvalue weighted by Gasteiger charge is 2.39. The number of halogens is 1. The molecule has 2 aliphatic rings. The van der Waals surface area contributed by atoms with Crippen molar-refractivity contribution in [2.75, 3.05) is 18.4 Å². The standard InChI is InChI=1S/C16H21BrN2O2/c1-16(2,3)21-15(20)19-8-7-13-11(9-19)10-5-4-6-12(17)14(10)18-13/h4-6,11,13,18H,7-9H2,1-3H3/t11-,13-/m0/s1. The molecule has 0 spiro atoms. The lowest BCUT2D eigenvalue weighted by Gasteiger charge is -2.36. The maximum absolute atomic E-state index is 12.3. The number of hydrogen-bond donors (Lipinski definition) is 1. The van der Waals surface area contributed by atoms with Crippen LogP contribution >= 0.6 is 15.9 Å². The van der Waals surface area contributed by atoms with Crippen molar-refractivity contribution in [2.45, 2.75) is 44.8 Å². The van der Waals surface area contributed by atoms with E-state index >= 15 is 0 Å². The zero-order valence-electron chi connectivity index (χ0n) is 12.6. The van der Waals surface area contributed by atoms with Crippen LogP contribution in [0.5, 0.6) is 0 Å². The summed E-state index contributed by atoms with van der Waals surface area (Å²) >= 11 is 3.60. The molecule has 2 aliphatic heterocycles. The van der Waals surface area contributed by atoms with Crippen LogP contribution < -0.4 is 5.32 Å². The van der Waals surface area contributed by atoms with E-state index in [-0.39, 0.29) is 6.09 Å². The van der Waals surface area contributed by atoms with Gasteiger partial charge >= 0.3 is 6.09 Å². The third kappa shape index (κ3) is 2.89. The highest BCUT2D eigenvalue weighted by atomic mass is 79.9. The zero-order chi connectivity index (χ0) is 15.2. The number of carbonyl (C=O) groups is 1. The van der Waals surface area contributed by atoms with Gasteiger partial charge in [0.15, 0.2) is 0 Å². The third-order valence-electron chi connectivity index (χ3n) is 4.04. The molecule has 0 bridgehead atoms. The largest absolute Gasteiger partial charge is 0.444 e. The van der Waals surface area contributed by atoms with Gasteiger partial charge in [0, 0.05) is 29.5 Å². The number of rotatable bonds is 0. The van der Waals surface area contributed by atoms with Crippen LogP contribution in [0.15, 0.2) is 22.7 Å². The van der Waals surface area contributed by atoms with E-state index in [1.165, 1.54) is 11.3 Å². The number of fused-ring (bicyclic) bond motifs is 3. The predicted octanol–water partition coefficient (Wildman–Crippen LogP) is 3.97. The van der Waals surface area contributed by atoms with Gasteiger partial charge < -0.3 is 15.0 Å². The van der Waals surface area contributed by atoms with E-state index in [1.807, 2.05) is 25.7 Å². The van der Waals surface area contributed by atoms with E-state index in [0.29, 0.717) is 12.0 Å². The first kappa shape index (κ1) is 14.7. The molecular formula is C16H21BrN2O2. The first-order valence-electron chi connectivity index (χ1n) is 7.38. The normalized spacial score (nSPS) is 24.1. The average Bonchev–Trinajstić information content (AvgIpc) is 2.76. The Morgan fingerprint density at radius 1 is 1.43 bits per heavy atom. The van der Waals surface area contributed by atoms with E-state index < -0.39 is 5.60 Å². The predicted molar refractivity (Wildman–Crippen MR) is 86.7 cm³/mol. The summed E-state index contributed by atoms with van der Waals surface area (Å²) in [6, 6.07) is 6.67. The zero-order valence-corrected chi connectivity index (χ0v) is 14.2. The molecule has 0 radical (unpaired) electrons. The first-order chi connectivity index (χ1) is 9.85. The van der Waals surface area contributed by atoms with Gasteiger partial charge in [0.25, 0.3) is 0 Å². The topological polar surface area (TPSA) is 41.6 Å². The molecule has 1 fully saturated rings. The smallest absolute Gasteiger partial charge is 0.410 e. The second-order valence-corrected chi connectivity index (χ2v) is 7.63. The first-order valence-corrected chi connectivity index (χ1v) is 8.17. The van der Waals surface area contributed by atoms with E-state index in [4.69, 9.17) is 4.74 Å². The number of benzene rings is 1. The lowest BCUT2D eigenvalue weighted by atomic mass is 9.89. The number of piperidine rings is 1. The van der Waals surface area contributed by atoms with E-state index in [1.54, 1.807) is 0 Å². The van der Waals surface area contributed by atoms with Crippen molar-refractivity contribution < 1.29 is 9.53 Å². The van der Waals surface area contributed by atoms with Gasteiger partial charge in [-0.05, 0) is 54.8 Å². The minimum atomic E-state index is -0.442. The van der Waals surface area contributed by atoms with E-state index in [9.17, 15) is 4.79 Å². The number of nitrogens with zero attached hydrogens (tertiary/aromatic N) is 1. The molecule has 1 amide bonds. The van der Waals surface area contributed by atoms with Crippen molar-refractivity contribution in [3.8, 4) is 0 Å². The quantitative estimate of drug-likeness (QED) is 0.767. The Balaban J connectivity index is 1.77. The summed E-state index contributed by atoms with van der Waals surface area (Å²) in [5, 5.41) is 3.59. The van der Waals surface area contributed by atoms with Crippen LogP contribution in [0.25, 0.3) is 0 Å². The molecule has 2 heterocycles. The van der Waals surface area contributed by atoms with Crippen molar-refractivity contribution in [1.29, 1.82) is 0 Å². The van der Waals surface area contributed by atoms with Crippen LogP contribution in [0.3, 0.4) is 0 Å². The molecular weight excluding hydrogens is 332 g/mol. The summed E-state index contributed by atoms with van der Waals surface area (Å²) in [7, 11) is 0. The van der Waals surface area contributed by atoms with Crippen molar-refractivity contribution in [1.82, 2.24) is 4.90 Å². The number of para-hydroxylation sites is 1. The van der Waals surface area contributed by atoms with Gasteiger partial charge in [-0.3, -0.25) is 0 Å². The highest BCUT2D eigenvalue weighted by Crippen LogP contribution is 2.43. The number of ether oxygens (including phenoxy) is 1. The monoisotopic (exact) mass is 352 g/mol. The Hall–Kier alpha value is -1.23. The SMILES string of the molecule is CC(C)(C)OC(=O)N1CC[C@@H]2Nc3c(Br)cccc3[C@@H]2C1. The van der Waals surface area contributed by atoms with Crippen molar-refractivity contribution in [3.05, 3.63) is 28.2 Å². The molecule has 3 rings (SSSR count). The van der Waals surface area contributed by atoms with Gasteiger partial charge in [-0.15, -0.1) is 0 Å². The number of nitrogens with one attached hydrogen (secondary N) is 1. The lowest BCUT2D eigenvalue weighted by Crippen LogP contribution is -2.46. The molecule has 114 valence electrons. The molecule has 0 aliphatic carbocycles. The number of amides is 1. The Kier molecular flexibility index (Phi) is 3.64. The van der Waals surface area contributed by atoms with Gasteiger partial charge in [-0.2, -0.15) is 0 Å². The fourth-order valence-electron chi connectivity index (χ4n) is 3.12. The fraction of sp³-hybridized carbons (Fsp3) is 0.562. The second-order valence-electron chi connectivity index (χ2n) is 6.78. The summed E-state index contributed by atoms with van der Waals surface area (Å²) in [4.78, 5) is 14.1. The molecule has 0 unspecified atom stereocenters. The third-order valence-corrected chi connectivity index (χ3v) is 4.70. The van der Waals surface area contributed by atoms with Crippen molar-refractivity contribution in [3.63, 3.8) is 0 Å². The molecule has 2 atom stereocenters. The summed E-state index contributed by atoms with van der Waals surface area (Å²) in [5.41, 5.74) is 2.03. The van der Waals surface area contributed by atoms with Crippen LogP contribution in [0, 0.1) is 0 Å². The average molecular weight is 353 g/mol. The van der Waals surface area contributed by atoms with Gasteiger partial charge in [-0.25, -0.2) is 4.79 Å². The maximum Gasteiger partial charge on any atom is 0.410 e. The van der Waals surface area contributed by atoms with Crippen LogP contribution in [-0.4, -0.2) is 35.7 Å². The molecule has 21 heavy (non-hydrogen) atoms. The summed E-state index contributed by atoms with van der Waals surface area (Å²) in [6.45, 7) is 7.17. The summed E-state index contributed by atoms with van der Waals surface area (Å²) in [5.74, 6) is 0.346.